The zero-order valence-corrected chi connectivity index (χ0v) is 11.6. The second-order valence-electron chi connectivity index (χ2n) is 4.47. The van der Waals surface area contributed by atoms with Crippen LogP contribution in [0.5, 0.6) is 5.75 Å². The highest BCUT2D eigenvalue weighted by molar-refractivity contribution is 5.98. The maximum Gasteiger partial charge on any atom is 0.248 e. The van der Waals surface area contributed by atoms with Gasteiger partial charge in [0.05, 0.1) is 13.5 Å². The van der Waals surface area contributed by atoms with Crippen LogP contribution in [0.4, 0.5) is 5.69 Å². The first-order valence-electron chi connectivity index (χ1n) is 6.42. The standard InChI is InChI=1S/C16H16N2O3/c1-21-13-8-6-12(7-9-13)18-15(19)10-11-4-2-3-5-14(11)16(17)20/h2-9H,10H2,1H3,(H2,17,20)(H,18,19). The minimum absolute atomic E-state index is 0.0884. The molecular formula is C16H16N2O3. The maximum atomic E-state index is 12.0. The Morgan fingerprint density at radius 2 is 1.76 bits per heavy atom. The minimum atomic E-state index is -0.539. The summed E-state index contributed by atoms with van der Waals surface area (Å²) >= 11 is 0. The van der Waals surface area contributed by atoms with Gasteiger partial charge in [0.25, 0.3) is 0 Å². The van der Waals surface area contributed by atoms with Crippen molar-refractivity contribution in [3.8, 4) is 5.75 Å². The molecule has 0 aliphatic heterocycles. The summed E-state index contributed by atoms with van der Waals surface area (Å²) in [6.07, 6.45) is 0.0884. The molecule has 3 N–H and O–H groups in total. The van der Waals surface area contributed by atoms with Gasteiger partial charge in [0.15, 0.2) is 0 Å². The van der Waals surface area contributed by atoms with Crippen LogP contribution in [0, 0.1) is 0 Å². The second kappa shape index (κ2) is 6.56. The Bertz CT molecular complexity index is 651. The molecule has 2 aromatic carbocycles. The van der Waals surface area contributed by atoms with Crippen molar-refractivity contribution in [2.24, 2.45) is 5.73 Å². The fourth-order valence-corrected chi connectivity index (χ4v) is 1.97. The number of nitrogens with two attached hydrogens (primary N) is 1. The van der Waals surface area contributed by atoms with Crippen LogP contribution in [-0.2, 0) is 11.2 Å². The zero-order valence-electron chi connectivity index (χ0n) is 11.6. The van der Waals surface area contributed by atoms with Crippen LogP contribution in [0.3, 0.4) is 0 Å². The number of primary amides is 1. The van der Waals surface area contributed by atoms with Crippen LogP contribution in [-0.4, -0.2) is 18.9 Å². The average Bonchev–Trinajstić information content (AvgIpc) is 2.48. The Morgan fingerprint density at radius 1 is 1.10 bits per heavy atom. The lowest BCUT2D eigenvalue weighted by atomic mass is 10.0. The van der Waals surface area contributed by atoms with E-state index in [9.17, 15) is 9.59 Å². The molecular weight excluding hydrogens is 268 g/mol. The third-order valence-electron chi connectivity index (χ3n) is 3.01. The number of methoxy groups -OCH3 is 1. The number of nitrogens with one attached hydrogen (secondary N) is 1. The molecule has 0 heterocycles. The average molecular weight is 284 g/mol. The molecule has 0 aliphatic rings. The number of rotatable bonds is 5. The van der Waals surface area contributed by atoms with Gasteiger partial charge in [-0.25, -0.2) is 0 Å². The van der Waals surface area contributed by atoms with Crippen LogP contribution >= 0.6 is 0 Å². The predicted molar refractivity (Wildman–Crippen MR) is 80.3 cm³/mol. The van der Waals surface area contributed by atoms with Crippen LogP contribution in [0.2, 0.25) is 0 Å². The predicted octanol–water partition coefficient (Wildman–Crippen LogP) is 1.98. The Morgan fingerprint density at radius 3 is 2.38 bits per heavy atom. The van der Waals surface area contributed by atoms with Crippen molar-refractivity contribution in [2.45, 2.75) is 6.42 Å². The first-order chi connectivity index (χ1) is 10.1. The van der Waals surface area contributed by atoms with E-state index in [-0.39, 0.29) is 12.3 Å². The molecule has 108 valence electrons. The van der Waals surface area contributed by atoms with Gasteiger partial charge < -0.3 is 15.8 Å². The van der Waals surface area contributed by atoms with Crippen molar-refractivity contribution in [3.63, 3.8) is 0 Å². The van der Waals surface area contributed by atoms with E-state index in [2.05, 4.69) is 5.32 Å². The van der Waals surface area contributed by atoms with Gasteiger partial charge in [0, 0.05) is 11.3 Å². The molecule has 0 aliphatic carbocycles. The van der Waals surface area contributed by atoms with Crippen molar-refractivity contribution in [1.29, 1.82) is 0 Å². The highest BCUT2D eigenvalue weighted by Gasteiger charge is 2.11. The number of hydrogen-bond donors (Lipinski definition) is 2. The van der Waals surface area contributed by atoms with Crippen LogP contribution in [0.25, 0.3) is 0 Å². The summed E-state index contributed by atoms with van der Waals surface area (Å²) in [4.78, 5) is 23.3. The first kappa shape index (κ1) is 14.6. The van der Waals surface area contributed by atoms with Crippen molar-refractivity contribution >= 4 is 17.5 Å². The number of carbonyl (C=O) groups is 2. The van der Waals surface area contributed by atoms with Crippen molar-refractivity contribution in [3.05, 3.63) is 59.7 Å². The first-order valence-corrected chi connectivity index (χ1v) is 6.42. The monoisotopic (exact) mass is 284 g/mol. The van der Waals surface area contributed by atoms with Gasteiger partial charge in [-0.05, 0) is 35.9 Å². The SMILES string of the molecule is COc1ccc(NC(=O)Cc2ccccc2C(N)=O)cc1. The molecule has 5 nitrogen and oxygen atoms in total. The molecule has 0 radical (unpaired) electrons. The molecule has 0 bridgehead atoms. The highest BCUT2D eigenvalue weighted by atomic mass is 16.5. The molecule has 0 atom stereocenters. The molecule has 5 heteroatoms. The quantitative estimate of drug-likeness (QED) is 0.880. The second-order valence-corrected chi connectivity index (χ2v) is 4.47. The van der Waals surface area contributed by atoms with E-state index in [1.807, 2.05) is 0 Å². The topological polar surface area (TPSA) is 81.4 Å². The highest BCUT2D eigenvalue weighted by Crippen LogP contribution is 2.16. The van der Waals surface area contributed by atoms with E-state index in [0.29, 0.717) is 22.6 Å². The van der Waals surface area contributed by atoms with E-state index >= 15 is 0 Å². The summed E-state index contributed by atoms with van der Waals surface area (Å²) in [5.41, 5.74) is 6.93. The van der Waals surface area contributed by atoms with Gasteiger partial charge in [-0.2, -0.15) is 0 Å². The molecule has 0 unspecified atom stereocenters. The summed E-state index contributed by atoms with van der Waals surface area (Å²) in [6.45, 7) is 0. The molecule has 21 heavy (non-hydrogen) atoms. The van der Waals surface area contributed by atoms with E-state index < -0.39 is 5.91 Å². The molecule has 0 aromatic heterocycles. The molecule has 2 rings (SSSR count). The zero-order chi connectivity index (χ0) is 15.2. The molecule has 0 fully saturated rings. The maximum absolute atomic E-state index is 12.0. The van der Waals surface area contributed by atoms with Crippen LogP contribution < -0.4 is 15.8 Å². The third kappa shape index (κ3) is 3.82. The van der Waals surface area contributed by atoms with Gasteiger partial charge in [0.2, 0.25) is 11.8 Å². The number of carbonyl (C=O) groups excluding carboxylic acids is 2. The van der Waals surface area contributed by atoms with Gasteiger partial charge in [-0.1, -0.05) is 18.2 Å². The fraction of sp³-hybridized carbons (Fsp3) is 0.125. The third-order valence-corrected chi connectivity index (χ3v) is 3.01. The molecule has 2 amide bonds. The minimum Gasteiger partial charge on any atom is -0.497 e. The molecule has 0 spiro atoms. The fourth-order valence-electron chi connectivity index (χ4n) is 1.97. The Hall–Kier alpha value is -2.82. The number of ether oxygens (including phenoxy) is 1. The summed E-state index contributed by atoms with van der Waals surface area (Å²) in [5.74, 6) is -0.0382. The van der Waals surface area contributed by atoms with E-state index in [1.54, 1.807) is 55.6 Å². The lowest BCUT2D eigenvalue weighted by molar-refractivity contribution is -0.115. The van der Waals surface area contributed by atoms with Crippen LogP contribution in [0.15, 0.2) is 48.5 Å². The Kier molecular flexibility index (Phi) is 4.56. The number of hydrogen-bond acceptors (Lipinski definition) is 3. The summed E-state index contributed by atoms with van der Waals surface area (Å²) in [6, 6.07) is 13.8. The van der Waals surface area contributed by atoms with Crippen molar-refractivity contribution in [2.75, 3.05) is 12.4 Å². The summed E-state index contributed by atoms with van der Waals surface area (Å²) < 4.78 is 5.05. The van der Waals surface area contributed by atoms with Gasteiger partial charge in [0.1, 0.15) is 5.75 Å². The Labute approximate surface area is 122 Å². The van der Waals surface area contributed by atoms with Gasteiger partial charge in [-0.3, -0.25) is 9.59 Å². The normalized spacial score (nSPS) is 9.95. The largest absolute Gasteiger partial charge is 0.497 e. The van der Waals surface area contributed by atoms with E-state index in [0.717, 1.165) is 0 Å². The number of amides is 2. The van der Waals surface area contributed by atoms with Gasteiger partial charge in [-0.15, -0.1) is 0 Å². The molecule has 0 saturated heterocycles. The molecule has 2 aromatic rings. The lowest BCUT2D eigenvalue weighted by Crippen LogP contribution is -2.19. The summed E-state index contributed by atoms with van der Waals surface area (Å²) in [5, 5.41) is 2.76. The number of anilines is 1. The van der Waals surface area contributed by atoms with E-state index in [1.165, 1.54) is 0 Å². The van der Waals surface area contributed by atoms with Gasteiger partial charge >= 0.3 is 0 Å². The smallest absolute Gasteiger partial charge is 0.248 e. The number of benzene rings is 2. The lowest BCUT2D eigenvalue weighted by Gasteiger charge is -2.08. The Balaban J connectivity index is 2.06. The van der Waals surface area contributed by atoms with E-state index in [4.69, 9.17) is 10.5 Å². The summed E-state index contributed by atoms with van der Waals surface area (Å²) in [7, 11) is 1.58. The van der Waals surface area contributed by atoms with Crippen molar-refractivity contribution < 1.29 is 14.3 Å². The van der Waals surface area contributed by atoms with Crippen LogP contribution in [0.1, 0.15) is 15.9 Å². The van der Waals surface area contributed by atoms with Crippen molar-refractivity contribution in [1.82, 2.24) is 0 Å². The molecule has 0 saturated carbocycles.